The predicted octanol–water partition coefficient (Wildman–Crippen LogP) is 3.63. The second kappa shape index (κ2) is 11.3. The zero-order valence-corrected chi connectivity index (χ0v) is 20.1. The van der Waals surface area contributed by atoms with Gasteiger partial charge < -0.3 is 15.4 Å². The van der Waals surface area contributed by atoms with Gasteiger partial charge in [-0.1, -0.05) is 30.3 Å². The van der Waals surface area contributed by atoms with Gasteiger partial charge in [-0.15, -0.1) is 35.3 Å². The number of guanidine groups is 1. The van der Waals surface area contributed by atoms with Crippen LogP contribution in [0.5, 0.6) is 0 Å². The van der Waals surface area contributed by atoms with Crippen molar-refractivity contribution >= 4 is 41.3 Å². The monoisotopic (exact) mass is 526 g/mol. The highest BCUT2D eigenvalue weighted by Crippen LogP contribution is 2.34. The van der Waals surface area contributed by atoms with Crippen molar-refractivity contribution < 1.29 is 4.74 Å². The summed E-state index contributed by atoms with van der Waals surface area (Å²) in [6.07, 6.45) is 1.16. The number of halogens is 1. The van der Waals surface area contributed by atoms with E-state index in [4.69, 9.17) is 9.73 Å². The molecule has 7 heteroatoms. The summed E-state index contributed by atoms with van der Waals surface area (Å²) in [6, 6.07) is 13.4. The normalized spacial score (nSPS) is 20.2. The second-order valence-corrected chi connectivity index (χ2v) is 8.36. The zero-order valence-electron chi connectivity index (χ0n) is 17.0. The maximum absolute atomic E-state index is 5.55. The van der Waals surface area contributed by atoms with Crippen LogP contribution < -0.4 is 10.6 Å². The number of nitrogens with zero attached hydrogens (tertiary/aromatic N) is 2. The lowest BCUT2D eigenvalue weighted by molar-refractivity contribution is 0.0186. The number of fused-ring (bicyclic) bond motifs is 1. The average molecular weight is 526 g/mol. The molecule has 2 aromatic rings. The highest BCUT2D eigenvalue weighted by atomic mass is 127. The standard InChI is InChI=1S/C22H30N4OS.HI/c1-2-23-22(24-15-18-14-17-6-3-4-7-19(17)18)25-16-20(21-8-5-13-28-21)26-9-11-27-12-10-26;/h3-8,13,18,20H,2,9-12,14-16H2,1H3,(H2,23,24,25);1H. The Kier molecular flexibility index (Phi) is 8.77. The van der Waals surface area contributed by atoms with Gasteiger partial charge in [-0.25, -0.2) is 0 Å². The van der Waals surface area contributed by atoms with E-state index in [1.165, 1.54) is 16.0 Å². The van der Waals surface area contributed by atoms with Crippen molar-refractivity contribution in [2.45, 2.75) is 25.3 Å². The number of hydrogen-bond donors (Lipinski definition) is 2. The third-order valence-corrected chi connectivity index (χ3v) is 6.58. The van der Waals surface area contributed by atoms with Crippen LogP contribution in [0.25, 0.3) is 0 Å². The molecular weight excluding hydrogens is 495 g/mol. The Morgan fingerprint density at radius 2 is 2.03 bits per heavy atom. The van der Waals surface area contributed by atoms with Crippen LogP contribution in [0.2, 0.25) is 0 Å². The molecule has 1 aromatic heterocycles. The molecular formula is C22H31IN4OS. The van der Waals surface area contributed by atoms with Crippen LogP contribution in [-0.2, 0) is 11.2 Å². The Morgan fingerprint density at radius 1 is 1.21 bits per heavy atom. The summed E-state index contributed by atoms with van der Waals surface area (Å²) >= 11 is 1.82. The molecule has 0 radical (unpaired) electrons. The average Bonchev–Trinajstić information content (AvgIpc) is 3.24. The van der Waals surface area contributed by atoms with Crippen LogP contribution in [0, 0.1) is 0 Å². The number of morpholine rings is 1. The highest BCUT2D eigenvalue weighted by molar-refractivity contribution is 14.0. The van der Waals surface area contributed by atoms with E-state index in [9.17, 15) is 0 Å². The van der Waals surface area contributed by atoms with E-state index in [0.717, 1.165) is 58.3 Å². The molecule has 1 aromatic carbocycles. The fourth-order valence-electron chi connectivity index (χ4n) is 4.04. The van der Waals surface area contributed by atoms with Gasteiger partial charge in [-0.2, -0.15) is 0 Å². The van der Waals surface area contributed by atoms with E-state index < -0.39 is 0 Å². The molecule has 158 valence electrons. The molecule has 2 aliphatic rings. The maximum Gasteiger partial charge on any atom is 0.191 e. The molecule has 1 fully saturated rings. The zero-order chi connectivity index (χ0) is 19.2. The van der Waals surface area contributed by atoms with Gasteiger partial charge in [0, 0.05) is 37.0 Å². The Morgan fingerprint density at radius 3 is 2.76 bits per heavy atom. The van der Waals surface area contributed by atoms with Gasteiger partial charge in [0.1, 0.15) is 0 Å². The van der Waals surface area contributed by atoms with Gasteiger partial charge in [0.05, 0.1) is 25.8 Å². The van der Waals surface area contributed by atoms with Crippen molar-refractivity contribution in [3.05, 3.63) is 57.8 Å². The van der Waals surface area contributed by atoms with E-state index in [0.29, 0.717) is 12.0 Å². The quantitative estimate of drug-likeness (QED) is 0.329. The molecule has 2 heterocycles. The molecule has 1 aliphatic heterocycles. The number of benzene rings is 1. The third-order valence-electron chi connectivity index (χ3n) is 5.60. The van der Waals surface area contributed by atoms with Gasteiger partial charge in [-0.3, -0.25) is 9.89 Å². The van der Waals surface area contributed by atoms with Crippen LogP contribution in [0.4, 0.5) is 0 Å². The van der Waals surface area contributed by atoms with Crippen molar-refractivity contribution in [3.63, 3.8) is 0 Å². The summed E-state index contributed by atoms with van der Waals surface area (Å²) in [6.45, 7) is 8.25. The number of nitrogens with one attached hydrogen (secondary N) is 2. The van der Waals surface area contributed by atoms with E-state index in [-0.39, 0.29) is 24.0 Å². The second-order valence-electron chi connectivity index (χ2n) is 7.38. The van der Waals surface area contributed by atoms with Gasteiger partial charge in [0.25, 0.3) is 0 Å². The fraction of sp³-hybridized carbons (Fsp3) is 0.500. The van der Waals surface area contributed by atoms with Gasteiger partial charge in [0.2, 0.25) is 0 Å². The summed E-state index contributed by atoms with van der Waals surface area (Å²) in [7, 11) is 0. The maximum atomic E-state index is 5.55. The lowest BCUT2D eigenvalue weighted by Crippen LogP contribution is -2.43. The molecule has 5 nitrogen and oxygen atoms in total. The van der Waals surface area contributed by atoms with E-state index in [1.807, 2.05) is 11.3 Å². The summed E-state index contributed by atoms with van der Waals surface area (Å²) < 4.78 is 5.55. The molecule has 2 unspecified atom stereocenters. The Balaban J connectivity index is 0.00000240. The molecule has 0 amide bonds. The summed E-state index contributed by atoms with van der Waals surface area (Å²) in [4.78, 5) is 8.84. The SMILES string of the molecule is CCNC(=NCC(c1cccs1)N1CCOCC1)NCC1Cc2ccccc21.I. The van der Waals surface area contributed by atoms with Gasteiger partial charge in [0.15, 0.2) is 5.96 Å². The molecule has 4 rings (SSSR count). The van der Waals surface area contributed by atoms with E-state index in [2.05, 4.69) is 64.2 Å². The number of rotatable bonds is 7. The van der Waals surface area contributed by atoms with Gasteiger partial charge in [-0.05, 0) is 35.9 Å². The molecule has 29 heavy (non-hydrogen) atoms. The first kappa shape index (κ1) is 22.5. The smallest absolute Gasteiger partial charge is 0.191 e. The first-order valence-corrected chi connectivity index (χ1v) is 11.2. The van der Waals surface area contributed by atoms with Crippen molar-refractivity contribution in [1.29, 1.82) is 0 Å². The molecule has 2 N–H and O–H groups in total. The summed E-state index contributed by atoms with van der Waals surface area (Å²) in [5.74, 6) is 1.51. The van der Waals surface area contributed by atoms with Crippen LogP contribution in [0.15, 0.2) is 46.8 Å². The molecule has 2 atom stereocenters. The summed E-state index contributed by atoms with van der Waals surface area (Å²) in [5, 5.41) is 9.14. The Bertz CT molecular complexity index is 777. The predicted molar refractivity (Wildman–Crippen MR) is 132 cm³/mol. The number of thiophene rings is 1. The summed E-state index contributed by atoms with van der Waals surface area (Å²) in [5.41, 5.74) is 2.97. The van der Waals surface area contributed by atoms with Crippen LogP contribution in [0.3, 0.4) is 0 Å². The minimum absolute atomic E-state index is 0. The van der Waals surface area contributed by atoms with Crippen molar-refractivity contribution in [1.82, 2.24) is 15.5 Å². The lowest BCUT2D eigenvalue weighted by atomic mass is 9.78. The molecule has 0 bridgehead atoms. The molecule has 0 saturated carbocycles. The van der Waals surface area contributed by atoms with Crippen LogP contribution in [0.1, 0.15) is 34.9 Å². The van der Waals surface area contributed by atoms with Crippen LogP contribution in [-0.4, -0.2) is 56.8 Å². The Labute approximate surface area is 195 Å². The van der Waals surface area contributed by atoms with Crippen LogP contribution >= 0.6 is 35.3 Å². The first-order valence-electron chi connectivity index (χ1n) is 10.3. The lowest BCUT2D eigenvalue weighted by Gasteiger charge is -2.33. The number of hydrogen-bond acceptors (Lipinski definition) is 4. The van der Waals surface area contributed by atoms with E-state index >= 15 is 0 Å². The Hall–Kier alpha value is -1.16. The fourth-order valence-corrected chi connectivity index (χ4v) is 4.89. The minimum atomic E-state index is 0. The van der Waals surface area contributed by atoms with E-state index in [1.54, 1.807) is 0 Å². The third kappa shape index (κ3) is 5.71. The molecule has 1 saturated heterocycles. The first-order chi connectivity index (χ1) is 13.8. The topological polar surface area (TPSA) is 48.9 Å². The van der Waals surface area contributed by atoms with Crippen molar-refractivity contribution in [2.75, 3.05) is 45.9 Å². The minimum Gasteiger partial charge on any atom is -0.379 e. The molecule has 1 aliphatic carbocycles. The largest absolute Gasteiger partial charge is 0.379 e. The van der Waals surface area contributed by atoms with Crippen molar-refractivity contribution in [2.24, 2.45) is 4.99 Å². The number of ether oxygens (including phenoxy) is 1. The molecule has 0 spiro atoms. The highest BCUT2D eigenvalue weighted by Gasteiger charge is 2.26. The van der Waals surface area contributed by atoms with Gasteiger partial charge >= 0.3 is 0 Å². The van der Waals surface area contributed by atoms with Crippen molar-refractivity contribution in [3.8, 4) is 0 Å². The number of aliphatic imine (C=N–C) groups is 1.